The molecule has 1 aliphatic rings. The summed E-state index contributed by atoms with van der Waals surface area (Å²) in [6.45, 7) is 0.672. The maximum Gasteiger partial charge on any atom is 0.416 e. The molecule has 2 unspecified atom stereocenters. The number of likely N-dealkylation sites (N-methyl/N-ethyl adjacent to an activating group) is 1. The lowest BCUT2D eigenvalue weighted by Crippen LogP contribution is -2.49. The number of rotatable bonds is 4. The molecule has 1 amide bonds. The van der Waals surface area contributed by atoms with Gasteiger partial charge in [-0.2, -0.15) is 13.2 Å². The second-order valence-electron chi connectivity index (χ2n) is 5.59. The normalized spacial score (nSPS) is 20.7. The van der Waals surface area contributed by atoms with Crippen LogP contribution >= 0.6 is 11.6 Å². The second kappa shape index (κ2) is 7.69. The molecule has 0 saturated carbocycles. The lowest BCUT2D eigenvalue weighted by atomic mass is 10.00. The predicted molar refractivity (Wildman–Crippen MR) is 81.7 cm³/mol. The first-order chi connectivity index (χ1) is 11.2. The second-order valence-corrected chi connectivity index (χ2v) is 6.03. The molecule has 0 radical (unpaired) electrons. The quantitative estimate of drug-likeness (QED) is 0.853. The maximum atomic E-state index is 13.2. The minimum absolute atomic E-state index is 0.0775. The molecule has 2 rings (SSSR count). The van der Waals surface area contributed by atoms with Gasteiger partial charge in [-0.15, -0.1) is 0 Å². The number of benzene rings is 1. The monoisotopic (exact) mass is 366 g/mol. The summed E-state index contributed by atoms with van der Waals surface area (Å²) in [7, 11) is 1.81. The number of carbonyl (C=O) groups is 1. The largest absolute Gasteiger partial charge is 0.416 e. The van der Waals surface area contributed by atoms with Crippen LogP contribution in [0.25, 0.3) is 0 Å². The third-order valence-electron chi connectivity index (χ3n) is 3.76. The molecule has 2 atom stereocenters. The maximum absolute atomic E-state index is 13.2. The lowest BCUT2D eigenvalue weighted by molar-refractivity contribution is -0.141. The predicted octanol–water partition coefficient (Wildman–Crippen LogP) is 1.84. The molecular formula is C15H18ClF3N2O3. The fraction of sp³-hybridized carbons (Fsp3) is 0.533. The van der Waals surface area contributed by atoms with Crippen molar-refractivity contribution >= 4 is 17.5 Å². The van der Waals surface area contributed by atoms with Gasteiger partial charge in [-0.05, 0) is 24.7 Å². The molecule has 0 bridgehead atoms. The molecule has 134 valence electrons. The van der Waals surface area contributed by atoms with E-state index in [2.05, 4.69) is 5.32 Å². The number of nitrogens with zero attached hydrogens (tertiary/aromatic N) is 1. The number of morpholine rings is 1. The van der Waals surface area contributed by atoms with Crippen molar-refractivity contribution in [3.63, 3.8) is 0 Å². The third-order valence-corrected chi connectivity index (χ3v) is 3.99. The Morgan fingerprint density at radius 2 is 2.25 bits per heavy atom. The highest BCUT2D eigenvalue weighted by Crippen LogP contribution is 2.36. The Morgan fingerprint density at radius 3 is 2.83 bits per heavy atom. The molecule has 9 heteroatoms. The number of aliphatic hydroxyl groups is 1. The minimum atomic E-state index is -4.65. The molecule has 2 N–H and O–H groups in total. The van der Waals surface area contributed by atoms with Crippen molar-refractivity contribution in [2.24, 2.45) is 0 Å². The molecule has 0 aromatic heterocycles. The number of nitrogens with one attached hydrogen (secondary N) is 1. The van der Waals surface area contributed by atoms with Crippen molar-refractivity contribution in [3.8, 4) is 0 Å². The molecular weight excluding hydrogens is 349 g/mol. The van der Waals surface area contributed by atoms with Gasteiger partial charge < -0.3 is 20.1 Å². The summed E-state index contributed by atoms with van der Waals surface area (Å²) < 4.78 is 44.9. The molecule has 5 nitrogen and oxygen atoms in total. The Balaban J connectivity index is 2.21. The molecule has 1 heterocycles. The molecule has 1 saturated heterocycles. The lowest BCUT2D eigenvalue weighted by Gasteiger charge is -2.30. The van der Waals surface area contributed by atoms with Gasteiger partial charge in [-0.3, -0.25) is 4.79 Å². The van der Waals surface area contributed by atoms with E-state index in [0.29, 0.717) is 19.7 Å². The topological polar surface area (TPSA) is 61.8 Å². The number of hydrogen-bond acceptors (Lipinski definition) is 4. The fourth-order valence-electron chi connectivity index (χ4n) is 2.50. The Labute approximate surface area is 142 Å². The fourth-order valence-corrected chi connectivity index (χ4v) is 2.67. The zero-order valence-corrected chi connectivity index (χ0v) is 13.7. The Morgan fingerprint density at radius 1 is 1.54 bits per heavy atom. The van der Waals surface area contributed by atoms with E-state index in [-0.39, 0.29) is 10.6 Å². The number of halogens is 4. The average molecular weight is 367 g/mol. The molecule has 24 heavy (non-hydrogen) atoms. The summed E-state index contributed by atoms with van der Waals surface area (Å²) in [5.74, 6) is -0.566. The van der Waals surface area contributed by atoms with Crippen molar-refractivity contribution in [2.45, 2.75) is 18.3 Å². The van der Waals surface area contributed by atoms with Gasteiger partial charge in [0.25, 0.3) is 5.91 Å². The molecule has 1 fully saturated rings. The zero-order chi connectivity index (χ0) is 17.9. The van der Waals surface area contributed by atoms with Crippen LogP contribution in [0.4, 0.5) is 13.2 Å². The highest BCUT2D eigenvalue weighted by atomic mass is 35.5. The molecule has 1 aliphatic heterocycles. The van der Waals surface area contributed by atoms with Gasteiger partial charge in [-0.25, -0.2) is 0 Å². The van der Waals surface area contributed by atoms with E-state index in [1.807, 2.05) is 11.9 Å². The summed E-state index contributed by atoms with van der Waals surface area (Å²) in [6, 6.07) is 2.00. The van der Waals surface area contributed by atoms with Gasteiger partial charge >= 0.3 is 6.18 Å². The first-order valence-electron chi connectivity index (χ1n) is 7.30. The van der Waals surface area contributed by atoms with Crippen LogP contribution in [0.3, 0.4) is 0 Å². The first-order valence-corrected chi connectivity index (χ1v) is 7.68. The van der Waals surface area contributed by atoms with Gasteiger partial charge in [0.15, 0.2) is 0 Å². The summed E-state index contributed by atoms with van der Waals surface area (Å²) in [5, 5.41) is 11.8. The van der Waals surface area contributed by atoms with Crippen LogP contribution in [0.1, 0.15) is 17.2 Å². The van der Waals surface area contributed by atoms with Crippen molar-refractivity contribution in [2.75, 3.05) is 33.4 Å². The van der Waals surface area contributed by atoms with Crippen LogP contribution < -0.4 is 5.32 Å². The van der Waals surface area contributed by atoms with E-state index in [9.17, 15) is 23.1 Å². The Kier molecular flexibility index (Phi) is 6.08. The van der Waals surface area contributed by atoms with Crippen LogP contribution in [-0.2, 0) is 15.7 Å². The van der Waals surface area contributed by atoms with Crippen molar-refractivity contribution in [1.29, 1.82) is 0 Å². The highest BCUT2D eigenvalue weighted by molar-refractivity contribution is 6.30. The summed E-state index contributed by atoms with van der Waals surface area (Å²) in [6.07, 6.45) is -5.45. The van der Waals surface area contributed by atoms with E-state index in [1.54, 1.807) is 0 Å². The van der Waals surface area contributed by atoms with E-state index in [1.165, 1.54) is 6.07 Å². The first kappa shape index (κ1) is 19.0. The summed E-state index contributed by atoms with van der Waals surface area (Å²) in [4.78, 5) is 14.1. The molecule has 1 aromatic rings. The smallest absolute Gasteiger partial charge is 0.394 e. The number of aliphatic hydroxyl groups excluding tert-OH is 1. The van der Waals surface area contributed by atoms with Crippen molar-refractivity contribution < 1.29 is 27.8 Å². The van der Waals surface area contributed by atoms with Gasteiger partial charge in [0.05, 0.1) is 24.8 Å². The zero-order valence-electron chi connectivity index (χ0n) is 12.9. The highest BCUT2D eigenvalue weighted by Gasteiger charge is 2.36. The number of amides is 1. The van der Waals surface area contributed by atoms with Crippen molar-refractivity contribution in [3.05, 3.63) is 34.3 Å². The average Bonchev–Trinajstić information content (AvgIpc) is 2.51. The summed E-state index contributed by atoms with van der Waals surface area (Å²) in [5.41, 5.74) is -1.23. The Hall–Kier alpha value is -1.35. The van der Waals surface area contributed by atoms with Crippen molar-refractivity contribution in [1.82, 2.24) is 10.2 Å². The third kappa shape index (κ3) is 4.60. The molecule has 1 aromatic carbocycles. The van der Waals surface area contributed by atoms with Gasteiger partial charge in [0, 0.05) is 18.1 Å². The number of carbonyl (C=O) groups excluding carboxylic acids is 1. The van der Waals surface area contributed by atoms with Crippen LogP contribution in [0.5, 0.6) is 0 Å². The van der Waals surface area contributed by atoms with Crippen LogP contribution in [0.2, 0.25) is 5.02 Å². The van der Waals surface area contributed by atoms with E-state index in [4.69, 9.17) is 16.3 Å². The van der Waals surface area contributed by atoms with Crippen LogP contribution in [0, 0.1) is 0 Å². The van der Waals surface area contributed by atoms with Gasteiger partial charge in [-0.1, -0.05) is 17.7 Å². The van der Waals surface area contributed by atoms with Gasteiger partial charge in [0.1, 0.15) is 6.10 Å². The van der Waals surface area contributed by atoms with E-state index < -0.39 is 36.4 Å². The minimum Gasteiger partial charge on any atom is -0.394 e. The molecule has 0 spiro atoms. The Bertz CT molecular complexity index is 598. The van der Waals surface area contributed by atoms with Gasteiger partial charge in [0.2, 0.25) is 0 Å². The number of ether oxygens (including phenoxy) is 1. The number of hydrogen-bond donors (Lipinski definition) is 2. The van der Waals surface area contributed by atoms with E-state index in [0.717, 1.165) is 12.1 Å². The SMILES string of the molecule is CN1CCOC(C(=O)NC(CO)c2ccc(Cl)cc2C(F)(F)F)C1. The molecule has 0 aliphatic carbocycles. The van der Waals surface area contributed by atoms with Crippen LogP contribution in [-0.4, -0.2) is 55.4 Å². The van der Waals surface area contributed by atoms with Crippen LogP contribution in [0.15, 0.2) is 18.2 Å². The standard InChI is InChI=1S/C15H18ClF3N2O3/c1-21-4-5-24-13(7-21)14(23)20-12(8-22)10-3-2-9(16)6-11(10)15(17,18)19/h2-3,6,12-13,22H,4-5,7-8H2,1H3,(H,20,23). The summed E-state index contributed by atoms with van der Waals surface area (Å²) >= 11 is 5.64. The van der Waals surface area contributed by atoms with E-state index >= 15 is 0 Å². The number of alkyl halides is 3.